The Hall–Kier alpha value is -1.23. The van der Waals surface area contributed by atoms with Crippen LogP contribution in [0.4, 0.5) is 0 Å². The molecule has 0 radical (unpaired) electrons. The molecule has 3 rings (SSSR count). The van der Waals surface area contributed by atoms with Crippen molar-refractivity contribution in [1.82, 2.24) is 0 Å². The Labute approximate surface area is 158 Å². The lowest BCUT2D eigenvalue weighted by molar-refractivity contribution is -0.597. The first kappa shape index (κ1) is 18.1. The molecule has 0 saturated heterocycles. The van der Waals surface area contributed by atoms with E-state index in [0.717, 1.165) is 16.3 Å². The van der Waals surface area contributed by atoms with Crippen LogP contribution in [0.1, 0.15) is 0 Å². The van der Waals surface area contributed by atoms with E-state index in [1.807, 2.05) is 42.5 Å². The molecule has 0 amide bonds. The van der Waals surface area contributed by atoms with E-state index < -0.39 is 0 Å². The van der Waals surface area contributed by atoms with Gasteiger partial charge in [-0.15, -0.1) is 0 Å². The molecule has 118 valence electrons. The SMILES string of the molecule is COc1ccc([I+]c2ccccc2Cl)cc1-c1ccccc1.[Cl-]. The lowest BCUT2D eigenvalue weighted by Gasteiger charge is -2.07. The first-order valence-electron chi connectivity index (χ1n) is 6.91. The Morgan fingerprint density at radius 3 is 2.26 bits per heavy atom. The quantitative estimate of drug-likeness (QED) is 0.465. The molecule has 23 heavy (non-hydrogen) atoms. The van der Waals surface area contributed by atoms with Gasteiger partial charge in [-0.2, -0.15) is 0 Å². The minimum Gasteiger partial charge on any atom is -1.00 e. The van der Waals surface area contributed by atoms with Crippen molar-refractivity contribution < 1.29 is 38.3 Å². The first-order valence-corrected chi connectivity index (χ1v) is 9.44. The van der Waals surface area contributed by atoms with Crippen LogP contribution in [0.5, 0.6) is 5.75 Å². The summed E-state index contributed by atoms with van der Waals surface area (Å²) in [5.41, 5.74) is 2.30. The van der Waals surface area contributed by atoms with E-state index in [2.05, 4.69) is 30.3 Å². The van der Waals surface area contributed by atoms with Gasteiger partial charge in [0.2, 0.25) is 3.57 Å². The fourth-order valence-corrected chi connectivity index (χ4v) is 4.91. The van der Waals surface area contributed by atoms with Gasteiger partial charge in [0.15, 0.2) is 3.57 Å². The van der Waals surface area contributed by atoms with Crippen LogP contribution in [0.25, 0.3) is 11.1 Å². The van der Waals surface area contributed by atoms with E-state index in [4.69, 9.17) is 16.3 Å². The monoisotopic (exact) mass is 456 g/mol. The van der Waals surface area contributed by atoms with Crippen LogP contribution in [0.15, 0.2) is 72.8 Å². The third kappa shape index (κ3) is 4.40. The molecule has 0 aliphatic heterocycles. The molecule has 3 aromatic carbocycles. The second-order valence-electron chi connectivity index (χ2n) is 4.72. The van der Waals surface area contributed by atoms with Gasteiger partial charge in [-0.05, 0) is 29.8 Å². The third-order valence-electron chi connectivity index (χ3n) is 3.28. The summed E-state index contributed by atoms with van der Waals surface area (Å²) >= 11 is 5.98. The molecule has 0 spiro atoms. The van der Waals surface area contributed by atoms with Crippen molar-refractivity contribution in [3.8, 4) is 16.9 Å². The Kier molecular flexibility index (Phi) is 6.75. The maximum atomic E-state index is 6.29. The zero-order valence-electron chi connectivity index (χ0n) is 12.5. The molecule has 0 fully saturated rings. The summed E-state index contributed by atoms with van der Waals surface area (Å²) in [6, 6.07) is 24.8. The molecular formula is C19H15Cl2IO. The molecule has 1 nitrogen and oxygen atoms in total. The molecule has 0 unspecified atom stereocenters. The molecule has 0 heterocycles. The van der Waals surface area contributed by atoms with Crippen molar-refractivity contribution in [3.63, 3.8) is 0 Å². The van der Waals surface area contributed by atoms with E-state index in [1.54, 1.807) is 7.11 Å². The van der Waals surface area contributed by atoms with E-state index in [0.29, 0.717) is 0 Å². The number of hydrogen-bond donors (Lipinski definition) is 0. The summed E-state index contributed by atoms with van der Waals surface area (Å²) in [5.74, 6) is 0.901. The zero-order chi connectivity index (χ0) is 15.4. The number of benzene rings is 3. The second kappa shape index (κ2) is 8.57. The van der Waals surface area contributed by atoms with Gasteiger partial charge in [-0.3, -0.25) is 0 Å². The number of ether oxygens (including phenoxy) is 1. The summed E-state index contributed by atoms with van der Waals surface area (Å²) < 4.78 is 8.08. The number of hydrogen-bond acceptors (Lipinski definition) is 1. The normalized spacial score (nSPS) is 10.0. The van der Waals surface area contributed by atoms with Crippen molar-refractivity contribution in [2.24, 2.45) is 0 Å². The standard InChI is InChI=1S/C19H15ClIO.ClH/c1-22-19-12-11-15(21-18-10-6-5-9-17(18)20)13-16(19)14-7-3-2-4-8-14;/h2-13H,1H3;1H/q+1;/p-1. The fourth-order valence-electron chi connectivity index (χ4n) is 2.22. The van der Waals surface area contributed by atoms with Gasteiger partial charge in [0.25, 0.3) is 0 Å². The largest absolute Gasteiger partial charge is 1.00 e. The van der Waals surface area contributed by atoms with Crippen LogP contribution >= 0.6 is 11.6 Å². The second-order valence-corrected chi connectivity index (χ2v) is 8.07. The number of halogens is 3. The van der Waals surface area contributed by atoms with Crippen LogP contribution in [0, 0.1) is 7.14 Å². The minimum atomic E-state index is -0.307. The fraction of sp³-hybridized carbons (Fsp3) is 0.0526. The maximum absolute atomic E-state index is 6.29. The van der Waals surface area contributed by atoms with Crippen LogP contribution < -0.4 is 38.3 Å². The van der Waals surface area contributed by atoms with E-state index in [-0.39, 0.29) is 33.6 Å². The van der Waals surface area contributed by atoms with Gasteiger partial charge in [0, 0.05) is 11.6 Å². The molecule has 0 aromatic heterocycles. The van der Waals surface area contributed by atoms with E-state index >= 15 is 0 Å². The van der Waals surface area contributed by atoms with Crippen molar-refractivity contribution in [3.05, 3.63) is 85.0 Å². The molecule has 3 aromatic rings. The lowest BCUT2D eigenvalue weighted by Crippen LogP contribution is -3.61. The van der Waals surface area contributed by atoms with Gasteiger partial charge >= 0.3 is 21.2 Å². The minimum absolute atomic E-state index is 0. The lowest BCUT2D eigenvalue weighted by atomic mass is 10.1. The Morgan fingerprint density at radius 2 is 1.57 bits per heavy atom. The van der Waals surface area contributed by atoms with Gasteiger partial charge in [-0.1, -0.05) is 54.1 Å². The summed E-state index contributed by atoms with van der Waals surface area (Å²) in [7, 11) is 1.71. The smallest absolute Gasteiger partial charge is 0.359 e. The van der Waals surface area contributed by atoms with E-state index in [9.17, 15) is 0 Å². The maximum Gasteiger partial charge on any atom is 0.359 e. The highest BCUT2D eigenvalue weighted by molar-refractivity contribution is 6.30. The summed E-state index contributed by atoms with van der Waals surface area (Å²) in [6.07, 6.45) is 0. The highest BCUT2D eigenvalue weighted by atomic mass is 127. The average molecular weight is 457 g/mol. The highest BCUT2D eigenvalue weighted by Gasteiger charge is 2.20. The Balaban J connectivity index is 0.00000192. The van der Waals surface area contributed by atoms with Crippen molar-refractivity contribution >= 4 is 11.6 Å². The third-order valence-corrected chi connectivity index (χ3v) is 6.75. The van der Waals surface area contributed by atoms with Gasteiger partial charge in [0.05, 0.1) is 12.1 Å². The number of rotatable bonds is 4. The molecule has 4 heteroatoms. The van der Waals surface area contributed by atoms with Gasteiger partial charge in [-0.25, -0.2) is 0 Å². The van der Waals surface area contributed by atoms with Gasteiger partial charge in [0.1, 0.15) is 5.75 Å². The molecule has 0 saturated carbocycles. The van der Waals surface area contributed by atoms with Crippen LogP contribution in [-0.2, 0) is 0 Å². The number of methoxy groups -OCH3 is 1. The topological polar surface area (TPSA) is 9.23 Å². The van der Waals surface area contributed by atoms with Crippen molar-refractivity contribution in [2.45, 2.75) is 0 Å². The average Bonchev–Trinajstić information content (AvgIpc) is 2.58. The molecular weight excluding hydrogens is 442 g/mol. The highest BCUT2D eigenvalue weighted by Crippen LogP contribution is 2.29. The Morgan fingerprint density at radius 1 is 0.870 bits per heavy atom. The molecule has 0 bridgehead atoms. The zero-order valence-corrected chi connectivity index (χ0v) is 16.1. The van der Waals surface area contributed by atoms with Crippen molar-refractivity contribution in [1.29, 1.82) is 0 Å². The Bertz CT molecular complexity index is 775. The van der Waals surface area contributed by atoms with Crippen LogP contribution in [0.2, 0.25) is 5.02 Å². The van der Waals surface area contributed by atoms with Gasteiger partial charge < -0.3 is 17.1 Å². The van der Waals surface area contributed by atoms with Crippen LogP contribution in [-0.4, -0.2) is 7.11 Å². The van der Waals surface area contributed by atoms with E-state index in [1.165, 1.54) is 12.7 Å². The summed E-state index contributed by atoms with van der Waals surface area (Å²) in [4.78, 5) is 0. The molecule has 0 N–H and O–H groups in total. The molecule has 0 atom stereocenters. The van der Waals surface area contributed by atoms with Crippen molar-refractivity contribution in [2.75, 3.05) is 7.11 Å². The summed E-state index contributed by atoms with van der Waals surface area (Å²) in [5, 5.41) is 0.854. The first-order chi connectivity index (χ1) is 10.8. The molecule has 0 aliphatic carbocycles. The van der Waals surface area contributed by atoms with Crippen LogP contribution in [0.3, 0.4) is 0 Å². The predicted octanol–water partition coefficient (Wildman–Crippen LogP) is -0.852. The molecule has 0 aliphatic rings. The predicted molar refractivity (Wildman–Crippen MR) is 87.3 cm³/mol. The summed E-state index contributed by atoms with van der Waals surface area (Å²) in [6.45, 7) is 0.